The molecule has 0 saturated carbocycles. The number of benzene rings is 1. The summed E-state index contributed by atoms with van der Waals surface area (Å²) in [7, 11) is 1.70. The van der Waals surface area contributed by atoms with Crippen LogP contribution in [0.4, 0.5) is 0 Å². The number of aryl methyl sites for hydroxylation is 1. The van der Waals surface area contributed by atoms with Gasteiger partial charge in [0.1, 0.15) is 5.75 Å². The number of nitrogens with two attached hydrogens (primary N) is 1. The Labute approximate surface area is 98.0 Å². The maximum atomic E-state index is 5.68. The van der Waals surface area contributed by atoms with Crippen molar-refractivity contribution in [2.45, 2.75) is 32.9 Å². The molecule has 0 aliphatic heterocycles. The van der Waals surface area contributed by atoms with Crippen molar-refractivity contribution in [3.05, 3.63) is 29.3 Å². The lowest BCUT2D eigenvalue weighted by Gasteiger charge is -2.25. The standard InChI is InChI=1S/C13H22N2O/c1-10-5-6-12(16-4)11(7-10)8-15-13(2,3)9-14/h5-7,15H,8-9,14H2,1-4H3. The van der Waals surface area contributed by atoms with Crippen molar-refractivity contribution in [2.24, 2.45) is 5.73 Å². The number of ether oxygens (including phenoxy) is 1. The van der Waals surface area contributed by atoms with Gasteiger partial charge in [-0.1, -0.05) is 17.7 Å². The highest BCUT2D eigenvalue weighted by Gasteiger charge is 2.15. The van der Waals surface area contributed by atoms with Crippen molar-refractivity contribution in [3.63, 3.8) is 0 Å². The van der Waals surface area contributed by atoms with Crippen LogP contribution in [0.3, 0.4) is 0 Å². The van der Waals surface area contributed by atoms with Gasteiger partial charge in [-0.15, -0.1) is 0 Å². The Morgan fingerprint density at radius 3 is 2.62 bits per heavy atom. The van der Waals surface area contributed by atoms with E-state index in [0.29, 0.717) is 6.54 Å². The lowest BCUT2D eigenvalue weighted by molar-refractivity contribution is 0.379. The minimum atomic E-state index is -0.0469. The normalized spacial score (nSPS) is 11.6. The Balaban J connectivity index is 2.76. The Bertz CT molecular complexity index is 348. The largest absolute Gasteiger partial charge is 0.496 e. The summed E-state index contributed by atoms with van der Waals surface area (Å²) >= 11 is 0. The smallest absolute Gasteiger partial charge is 0.123 e. The third kappa shape index (κ3) is 3.51. The van der Waals surface area contributed by atoms with Gasteiger partial charge < -0.3 is 15.8 Å². The molecule has 1 aromatic carbocycles. The van der Waals surface area contributed by atoms with E-state index >= 15 is 0 Å². The van der Waals surface area contributed by atoms with Crippen molar-refractivity contribution in [2.75, 3.05) is 13.7 Å². The first kappa shape index (κ1) is 13.0. The fraction of sp³-hybridized carbons (Fsp3) is 0.538. The average molecular weight is 222 g/mol. The Morgan fingerprint density at radius 2 is 2.06 bits per heavy atom. The molecular weight excluding hydrogens is 200 g/mol. The van der Waals surface area contributed by atoms with E-state index in [1.807, 2.05) is 6.07 Å². The zero-order valence-electron chi connectivity index (χ0n) is 10.6. The van der Waals surface area contributed by atoms with Crippen LogP contribution in [-0.4, -0.2) is 19.2 Å². The molecule has 3 nitrogen and oxygen atoms in total. The van der Waals surface area contributed by atoms with Crippen LogP contribution in [0.1, 0.15) is 25.0 Å². The molecule has 0 spiro atoms. The van der Waals surface area contributed by atoms with Crippen molar-refractivity contribution in [1.82, 2.24) is 5.32 Å². The SMILES string of the molecule is COc1ccc(C)cc1CNC(C)(C)CN. The average Bonchev–Trinajstić information content (AvgIpc) is 2.27. The van der Waals surface area contributed by atoms with E-state index in [1.165, 1.54) is 11.1 Å². The molecule has 0 atom stereocenters. The van der Waals surface area contributed by atoms with Gasteiger partial charge in [-0.05, 0) is 26.8 Å². The summed E-state index contributed by atoms with van der Waals surface area (Å²) < 4.78 is 5.33. The van der Waals surface area contributed by atoms with Crippen LogP contribution >= 0.6 is 0 Å². The van der Waals surface area contributed by atoms with Crippen LogP contribution in [0.15, 0.2) is 18.2 Å². The molecule has 0 heterocycles. The van der Waals surface area contributed by atoms with E-state index in [-0.39, 0.29) is 5.54 Å². The predicted molar refractivity (Wildman–Crippen MR) is 67.7 cm³/mol. The zero-order valence-corrected chi connectivity index (χ0v) is 10.6. The molecule has 1 rings (SSSR count). The second-order valence-corrected chi connectivity index (χ2v) is 4.76. The second kappa shape index (κ2) is 5.32. The molecular formula is C13H22N2O. The molecule has 0 aliphatic carbocycles. The molecule has 90 valence electrons. The number of nitrogens with one attached hydrogen (secondary N) is 1. The van der Waals surface area contributed by atoms with Crippen LogP contribution in [0.2, 0.25) is 0 Å². The van der Waals surface area contributed by atoms with Crippen LogP contribution < -0.4 is 15.8 Å². The molecule has 3 N–H and O–H groups in total. The molecule has 0 aromatic heterocycles. The molecule has 16 heavy (non-hydrogen) atoms. The molecule has 1 aromatic rings. The molecule has 0 fully saturated rings. The number of rotatable bonds is 5. The fourth-order valence-corrected chi connectivity index (χ4v) is 1.45. The third-order valence-electron chi connectivity index (χ3n) is 2.70. The first-order valence-electron chi connectivity index (χ1n) is 5.57. The van der Waals surface area contributed by atoms with E-state index in [9.17, 15) is 0 Å². The van der Waals surface area contributed by atoms with Crippen molar-refractivity contribution >= 4 is 0 Å². The van der Waals surface area contributed by atoms with Crippen molar-refractivity contribution in [3.8, 4) is 5.75 Å². The second-order valence-electron chi connectivity index (χ2n) is 4.76. The van der Waals surface area contributed by atoms with E-state index < -0.39 is 0 Å². The van der Waals surface area contributed by atoms with E-state index in [1.54, 1.807) is 7.11 Å². The Kier molecular flexibility index (Phi) is 4.33. The summed E-state index contributed by atoms with van der Waals surface area (Å²) in [6, 6.07) is 6.19. The van der Waals surface area contributed by atoms with E-state index in [4.69, 9.17) is 10.5 Å². The predicted octanol–water partition coefficient (Wildman–Crippen LogP) is 1.83. The van der Waals surface area contributed by atoms with Gasteiger partial charge in [0.2, 0.25) is 0 Å². The molecule has 0 saturated heterocycles. The molecule has 0 aliphatic rings. The summed E-state index contributed by atoms with van der Waals surface area (Å²) in [6.45, 7) is 7.65. The van der Waals surface area contributed by atoms with Crippen molar-refractivity contribution in [1.29, 1.82) is 0 Å². The first-order chi connectivity index (χ1) is 7.48. The van der Waals surface area contributed by atoms with Gasteiger partial charge in [0.05, 0.1) is 7.11 Å². The maximum Gasteiger partial charge on any atom is 0.123 e. The summed E-state index contributed by atoms with van der Waals surface area (Å²) in [6.07, 6.45) is 0. The van der Waals surface area contributed by atoms with Gasteiger partial charge in [0.25, 0.3) is 0 Å². The topological polar surface area (TPSA) is 47.3 Å². The maximum absolute atomic E-state index is 5.68. The van der Waals surface area contributed by atoms with Gasteiger partial charge in [-0.3, -0.25) is 0 Å². The molecule has 3 heteroatoms. The monoisotopic (exact) mass is 222 g/mol. The van der Waals surface area contributed by atoms with Gasteiger partial charge in [0, 0.05) is 24.2 Å². The Morgan fingerprint density at radius 1 is 1.38 bits per heavy atom. The lowest BCUT2D eigenvalue weighted by Crippen LogP contribution is -2.45. The fourth-order valence-electron chi connectivity index (χ4n) is 1.45. The first-order valence-corrected chi connectivity index (χ1v) is 5.57. The highest BCUT2D eigenvalue weighted by molar-refractivity contribution is 5.36. The molecule has 0 bridgehead atoms. The highest BCUT2D eigenvalue weighted by atomic mass is 16.5. The highest BCUT2D eigenvalue weighted by Crippen LogP contribution is 2.20. The Hall–Kier alpha value is -1.06. The van der Waals surface area contributed by atoms with Gasteiger partial charge >= 0.3 is 0 Å². The van der Waals surface area contributed by atoms with Gasteiger partial charge in [-0.2, -0.15) is 0 Å². The lowest BCUT2D eigenvalue weighted by atomic mass is 10.0. The summed E-state index contributed by atoms with van der Waals surface area (Å²) in [5.41, 5.74) is 8.04. The van der Waals surface area contributed by atoms with E-state index in [0.717, 1.165) is 12.3 Å². The third-order valence-corrected chi connectivity index (χ3v) is 2.70. The van der Waals surface area contributed by atoms with Gasteiger partial charge in [-0.25, -0.2) is 0 Å². The van der Waals surface area contributed by atoms with Crippen LogP contribution in [0.5, 0.6) is 5.75 Å². The molecule has 0 amide bonds. The minimum absolute atomic E-state index is 0.0469. The number of hydrogen-bond acceptors (Lipinski definition) is 3. The van der Waals surface area contributed by atoms with Crippen LogP contribution in [0, 0.1) is 6.92 Å². The van der Waals surface area contributed by atoms with Crippen molar-refractivity contribution < 1.29 is 4.74 Å². The summed E-state index contributed by atoms with van der Waals surface area (Å²) in [5, 5.41) is 3.42. The van der Waals surface area contributed by atoms with Crippen LogP contribution in [-0.2, 0) is 6.54 Å². The van der Waals surface area contributed by atoms with Gasteiger partial charge in [0.15, 0.2) is 0 Å². The number of methoxy groups -OCH3 is 1. The number of hydrogen-bond donors (Lipinski definition) is 2. The zero-order chi connectivity index (χ0) is 12.2. The quantitative estimate of drug-likeness (QED) is 0.799. The van der Waals surface area contributed by atoms with Crippen LogP contribution in [0.25, 0.3) is 0 Å². The minimum Gasteiger partial charge on any atom is -0.496 e. The summed E-state index contributed by atoms with van der Waals surface area (Å²) in [4.78, 5) is 0. The molecule has 0 unspecified atom stereocenters. The summed E-state index contributed by atoms with van der Waals surface area (Å²) in [5.74, 6) is 0.922. The molecule has 0 radical (unpaired) electrons. The van der Waals surface area contributed by atoms with E-state index in [2.05, 4.69) is 38.2 Å².